The van der Waals surface area contributed by atoms with Crippen molar-refractivity contribution in [2.24, 2.45) is 17.8 Å². The molecular weight excluding hydrogens is 398 g/mol. The summed E-state index contributed by atoms with van der Waals surface area (Å²) in [5.74, 6) is -2.63. The van der Waals surface area contributed by atoms with Crippen molar-refractivity contribution in [1.82, 2.24) is 5.32 Å². The van der Waals surface area contributed by atoms with Crippen LogP contribution in [0.2, 0.25) is 0 Å². The molecule has 0 radical (unpaired) electrons. The molecule has 31 heavy (non-hydrogen) atoms. The van der Waals surface area contributed by atoms with E-state index in [-0.39, 0.29) is 41.5 Å². The second-order valence-corrected chi connectivity index (χ2v) is 8.51. The van der Waals surface area contributed by atoms with Crippen LogP contribution in [0.3, 0.4) is 0 Å². The molecule has 3 aliphatic carbocycles. The first-order valence-corrected chi connectivity index (χ1v) is 10.2. The predicted molar refractivity (Wildman–Crippen MR) is 109 cm³/mol. The van der Waals surface area contributed by atoms with E-state index in [1.165, 1.54) is 25.3 Å². The first-order valence-electron chi connectivity index (χ1n) is 10.2. The van der Waals surface area contributed by atoms with Crippen LogP contribution in [0.15, 0.2) is 52.6 Å². The number of amides is 2. The number of methoxy groups -OCH3 is 1. The Labute approximate surface area is 178 Å². The smallest absolute Gasteiger partial charge is 0.231 e. The van der Waals surface area contributed by atoms with Gasteiger partial charge in [0.2, 0.25) is 11.8 Å². The number of hydrogen-bond acceptors (Lipinski definition) is 6. The first kappa shape index (κ1) is 19.5. The highest BCUT2D eigenvalue weighted by atomic mass is 16.5. The van der Waals surface area contributed by atoms with Gasteiger partial charge < -0.3 is 9.84 Å². The number of carbonyl (C=O) groups is 4. The molecule has 1 aromatic rings. The summed E-state index contributed by atoms with van der Waals surface area (Å²) in [5, 5.41) is 12.3. The molecule has 158 valence electrons. The average molecular weight is 419 g/mol. The van der Waals surface area contributed by atoms with Crippen molar-refractivity contribution in [2.75, 3.05) is 7.11 Å². The van der Waals surface area contributed by atoms with Crippen molar-refractivity contribution in [1.29, 1.82) is 0 Å². The van der Waals surface area contributed by atoms with E-state index < -0.39 is 17.8 Å². The molecule has 1 saturated heterocycles. The van der Waals surface area contributed by atoms with Gasteiger partial charge in [-0.3, -0.25) is 24.5 Å². The number of ketones is 2. The Morgan fingerprint density at radius 3 is 2.61 bits per heavy atom. The van der Waals surface area contributed by atoms with Crippen LogP contribution in [0.4, 0.5) is 0 Å². The number of phenols is 1. The van der Waals surface area contributed by atoms with Crippen molar-refractivity contribution in [3.05, 3.63) is 58.2 Å². The van der Waals surface area contributed by atoms with Crippen LogP contribution < -0.4 is 10.1 Å². The summed E-state index contributed by atoms with van der Waals surface area (Å²) < 4.78 is 5.49. The average Bonchev–Trinajstić information content (AvgIpc) is 3.04. The third-order valence-corrected chi connectivity index (χ3v) is 6.93. The van der Waals surface area contributed by atoms with E-state index in [0.29, 0.717) is 34.5 Å². The lowest BCUT2D eigenvalue weighted by atomic mass is 9.59. The van der Waals surface area contributed by atoms with Crippen LogP contribution in [-0.4, -0.2) is 35.6 Å². The lowest BCUT2D eigenvalue weighted by Crippen LogP contribution is -2.39. The third-order valence-electron chi connectivity index (χ3n) is 6.93. The van der Waals surface area contributed by atoms with Crippen molar-refractivity contribution < 1.29 is 29.0 Å². The standard InChI is InChI=1S/C24H21NO6/c1-10-7-17(27)21-16(22(10)28)9-15-12(5-6-14-20(15)24(30)25-23(14)29)19(21)13-4-3-11(26)8-18(13)31-2/h3-5,7-8,14-15,19-20,26H,6,9H2,1-2H3,(H,25,29,30)/t14-,15+,19+,20-/m0/s1. The highest BCUT2D eigenvalue weighted by molar-refractivity contribution is 6.23. The summed E-state index contributed by atoms with van der Waals surface area (Å²) in [7, 11) is 1.47. The molecule has 7 nitrogen and oxygen atoms in total. The fourth-order valence-corrected chi connectivity index (χ4v) is 5.59. The molecule has 0 bridgehead atoms. The van der Waals surface area contributed by atoms with E-state index in [1.54, 1.807) is 13.0 Å². The molecule has 0 spiro atoms. The minimum atomic E-state index is -0.588. The topological polar surface area (TPSA) is 110 Å². The highest BCUT2D eigenvalue weighted by Crippen LogP contribution is 2.55. The quantitative estimate of drug-likeness (QED) is 0.432. The molecule has 0 saturated carbocycles. The zero-order valence-electron chi connectivity index (χ0n) is 17.1. The Kier molecular flexibility index (Phi) is 4.25. The number of nitrogens with one attached hydrogen (secondary N) is 1. The normalized spacial score (nSPS) is 29.6. The molecule has 1 aliphatic heterocycles. The number of fused-ring (bicyclic) bond motifs is 3. The van der Waals surface area contributed by atoms with Crippen LogP contribution in [0.25, 0.3) is 0 Å². The maximum atomic E-state index is 13.1. The van der Waals surface area contributed by atoms with Gasteiger partial charge in [0.25, 0.3) is 0 Å². The zero-order valence-corrected chi connectivity index (χ0v) is 17.1. The number of allylic oxidation sites excluding steroid dienone is 6. The zero-order chi connectivity index (χ0) is 22.0. The van der Waals surface area contributed by atoms with Crippen molar-refractivity contribution in [3.8, 4) is 11.5 Å². The van der Waals surface area contributed by atoms with Gasteiger partial charge in [-0.2, -0.15) is 0 Å². The van der Waals surface area contributed by atoms with Gasteiger partial charge in [-0.05, 0) is 37.8 Å². The molecular formula is C24H21NO6. The summed E-state index contributed by atoms with van der Waals surface area (Å²) in [6.45, 7) is 1.61. The van der Waals surface area contributed by atoms with Gasteiger partial charge in [0.15, 0.2) is 11.6 Å². The number of rotatable bonds is 2. The van der Waals surface area contributed by atoms with E-state index in [9.17, 15) is 24.3 Å². The van der Waals surface area contributed by atoms with Crippen molar-refractivity contribution in [2.45, 2.75) is 25.7 Å². The van der Waals surface area contributed by atoms with Gasteiger partial charge in [-0.1, -0.05) is 17.7 Å². The van der Waals surface area contributed by atoms with Crippen LogP contribution in [-0.2, 0) is 19.2 Å². The number of Topliss-reactive ketones (excluding diaryl/α,β-unsaturated/α-hetero) is 1. The summed E-state index contributed by atoms with van der Waals surface area (Å²) in [6.07, 6.45) is 3.94. The second kappa shape index (κ2) is 6.77. The fourth-order valence-electron chi connectivity index (χ4n) is 5.59. The Morgan fingerprint density at radius 2 is 1.87 bits per heavy atom. The Hall–Kier alpha value is -3.48. The number of aromatic hydroxyl groups is 1. The molecule has 1 fully saturated rings. The third kappa shape index (κ3) is 2.72. The number of ether oxygens (including phenoxy) is 1. The van der Waals surface area contributed by atoms with Gasteiger partial charge >= 0.3 is 0 Å². The highest BCUT2D eigenvalue weighted by Gasteiger charge is 2.53. The largest absolute Gasteiger partial charge is 0.508 e. The summed E-state index contributed by atoms with van der Waals surface area (Å²) in [4.78, 5) is 51.1. The number of imide groups is 1. The number of carbonyl (C=O) groups excluding carboxylic acids is 4. The molecule has 0 aromatic heterocycles. The number of benzene rings is 1. The fraction of sp³-hybridized carbons (Fsp3) is 0.333. The molecule has 4 atom stereocenters. The molecule has 1 heterocycles. The molecule has 7 heteroatoms. The molecule has 0 unspecified atom stereocenters. The van der Waals surface area contributed by atoms with Gasteiger partial charge in [0.1, 0.15) is 11.5 Å². The van der Waals surface area contributed by atoms with Gasteiger partial charge in [-0.15, -0.1) is 0 Å². The summed E-state index contributed by atoms with van der Waals surface area (Å²) in [6, 6.07) is 4.66. The van der Waals surface area contributed by atoms with Gasteiger partial charge in [0.05, 0.1) is 18.9 Å². The second-order valence-electron chi connectivity index (χ2n) is 8.51. The minimum Gasteiger partial charge on any atom is -0.508 e. The summed E-state index contributed by atoms with van der Waals surface area (Å²) in [5.41, 5.74) is 2.65. The SMILES string of the molecule is COc1cc(O)ccc1[C@H]1C2=CC[C@@H]3C(=O)NC(=O)[C@@H]3[C@@H]2CC2=C1C(=O)C=C(C)C2=O. The van der Waals surface area contributed by atoms with Crippen molar-refractivity contribution >= 4 is 23.4 Å². The number of phenolic OH excluding ortho intramolecular Hbond substituents is 1. The van der Waals surface area contributed by atoms with E-state index in [2.05, 4.69) is 5.32 Å². The van der Waals surface area contributed by atoms with Crippen LogP contribution in [0.5, 0.6) is 11.5 Å². The Bertz CT molecular complexity index is 1170. The predicted octanol–water partition coefficient (Wildman–Crippen LogP) is 2.12. The summed E-state index contributed by atoms with van der Waals surface area (Å²) >= 11 is 0. The molecule has 2 N–H and O–H groups in total. The van der Waals surface area contributed by atoms with Crippen LogP contribution >= 0.6 is 0 Å². The monoisotopic (exact) mass is 419 g/mol. The van der Waals surface area contributed by atoms with E-state index >= 15 is 0 Å². The number of hydrogen-bond donors (Lipinski definition) is 2. The van der Waals surface area contributed by atoms with E-state index in [1.807, 2.05) is 6.08 Å². The maximum absolute atomic E-state index is 13.1. The Morgan fingerprint density at radius 1 is 1.10 bits per heavy atom. The lowest BCUT2D eigenvalue weighted by molar-refractivity contribution is -0.126. The molecule has 1 aromatic carbocycles. The molecule has 4 aliphatic rings. The molecule has 5 rings (SSSR count). The van der Waals surface area contributed by atoms with E-state index in [4.69, 9.17) is 4.74 Å². The first-order chi connectivity index (χ1) is 14.8. The lowest BCUT2D eigenvalue weighted by Gasteiger charge is -2.42. The van der Waals surface area contributed by atoms with Crippen LogP contribution in [0.1, 0.15) is 31.2 Å². The van der Waals surface area contributed by atoms with E-state index in [0.717, 1.165) is 5.57 Å². The maximum Gasteiger partial charge on any atom is 0.231 e. The van der Waals surface area contributed by atoms with Gasteiger partial charge in [0, 0.05) is 34.3 Å². The van der Waals surface area contributed by atoms with Crippen molar-refractivity contribution in [3.63, 3.8) is 0 Å². The Balaban J connectivity index is 1.75. The minimum absolute atomic E-state index is 0.0161. The van der Waals surface area contributed by atoms with Gasteiger partial charge in [-0.25, -0.2) is 0 Å². The van der Waals surface area contributed by atoms with Crippen LogP contribution in [0, 0.1) is 17.8 Å². The molecule has 2 amide bonds.